The van der Waals surface area contributed by atoms with Gasteiger partial charge in [0, 0.05) is 18.8 Å². The van der Waals surface area contributed by atoms with Crippen LogP contribution in [0.2, 0.25) is 0 Å². The van der Waals surface area contributed by atoms with Crippen molar-refractivity contribution in [3.05, 3.63) is 60.2 Å². The predicted octanol–water partition coefficient (Wildman–Crippen LogP) is 0.709. The first-order valence-electron chi connectivity index (χ1n) is 7.65. The molecule has 0 aromatic heterocycles. The molecule has 2 aromatic rings. The minimum atomic E-state index is -3.70. The van der Waals surface area contributed by atoms with E-state index in [9.17, 15) is 16.8 Å². The van der Waals surface area contributed by atoms with Gasteiger partial charge in [0.2, 0.25) is 20.0 Å². The first-order chi connectivity index (χ1) is 11.8. The van der Waals surface area contributed by atoms with E-state index in [4.69, 9.17) is 5.73 Å². The van der Waals surface area contributed by atoms with E-state index in [2.05, 4.69) is 9.44 Å². The summed E-state index contributed by atoms with van der Waals surface area (Å²) in [7, 11) is -7.27. The van der Waals surface area contributed by atoms with E-state index < -0.39 is 20.0 Å². The van der Waals surface area contributed by atoms with E-state index in [1.54, 1.807) is 30.3 Å². The molecule has 0 radical (unpaired) electrons. The fourth-order valence-electron chi connectivity index (χ4n) is 2.10. The number of hydrogen-bond acceptors (Lipinski definition) is 5. The molecule has 2 rings (SSSR count). The predicted molar refractivity (Wildman–Crippen MR) is 98.0 cm³/mol. The molecular formula is C16H21N3O4S2. The molecule has 0 saturated heterocycles. The number of nitrogens with two attached hydrogens (primary N) is 1. The van der Waals surface area contributed by atoms with Crippen molar-refractivity contribution in [1.82, 2.24) is 9.44 Å². The SMILES string of the molecule is Nc1ccc(CCNS(=O)(=O)CCNS(=O)(=O)c2ccccc2)cc1. The van der Waals surface area contributed by atoms with Crippen LogP contribution < -0.4 is 15.2 Å². The van der Waals surface area contributed by atoms with E-state index in [0.717, 1.165) is 5.56 Å². The standard InChI is InChI=1S/C16H21N3O4S2/c17-15-8-6-14(7-9-15)10-11-18-24(20,21)13-12-19-25(22,23)16-4-2-1-3-5-16/h1-9,18-19H,10-13,17H2. The van der Waals surface area contributed by atoms with Crippen LogP contribution in [0.1, 0.15) is 5.56 Å². The zero-order chi connectivity index (χ0) is 18.3. The fourth-order valence-corrected chi connectivity index (χ4v) is 4.21. The first-order valence-corrected chi connectivity index (χ1v) is 10.8. The van der Waals surface area contributed by atoms with Crippen LogP contribution in [0.3, 0.4) is 0 Å². The summed E-state index contributed by atoms with van der Waals surface area (Å²) >= 11 is 0. The summed E-state index contributed by atoms with van der Waals surface area (Å²) in [6, 6.07) is 15.0. The van der Waals surface area contributed by atoms with Crippen molar-refractivity contribution in [2.24, 2.45) is 0 Å². The molecule has 136 valence electrons. The molecule has 7 nitrogen and oxygen atoms in total. The smallest absolute Gasteiger partial charge is 0.240 e. The van der Waals surface area contributed by atoms with Gasteiger partial charge in [0.05, 0.1) is 10.6 Å². The molecule has 0 atom stereocenters. The number of sulfonamides is 2. The lowest BCUT2D eigenvalue weighted by molar-refractivity contribution is 0.575. The average Bonchev–Trinajstić information content (AvgIpc) is 2.57. The molecule has 0 amide bonds. The maximum atomic E-state index is 12.0. The molecule has 0 aliphatic carbocycles. The van der Waals surface area contributed by atoms with Gasteiger partial charge in [-0.15, -0.1) is 0 Å². The van der Waals surface area contributed by atoms with Crippen molar-refractivity contribution in [3.8, 4) is 0 Å². The van der Waals surface area contributed by atoms with Crippen LogP contribution in [0.25, 0.3) is 0 Å². The Bertz CT molecular complexity index is 881. The Kier molecular flexibility index (Phi) is 6.54. The van der Waals surface area contributed by atoms with Crippen LogP contribution in [0, 0.1) is 0 Å². The Morgan fingerprint density at radius 2 is 1.44 bits per heavy atom. The van der Waals surface area contributed by atoms with Crippen LogP contribution in [0.5, 0.6) is 0 Å². The molecule has 2 aromatic carbocycles. The second-order valence-corrected chi connectivity index (χ2v) is 9.11. The second-order valence-electron chi connectivity index (χ2n) is 5.42. The lowest BCUT2D eigenvalue weighted by Crippen LogP contribution is -2.35. The topological polar surface area (TPSA) is 118 Å². The summed E-state index contributed by atoms with van der Waals surface area (Å²) in [6.45, 7) is 0.0338. The van der Waals surface area contributed by atoms with E-state index in [-0.39, 0.29) is 23.7 Å². The number of benzene rings is 2. The highest BCUT2D eigenvalue weighted by Gasteiger charge is 2.15. The maximum absolute atomic E-state index is 12.0. The van der Waals surface area contributed by atoms with E-state index in [1.807, 2.05) is 12.1 Å². The summed E-state index contributed by atoms with van der Waals surface area (Å²) in [5, 5.41) is 0. The van der Waals surface area contributed by atoms with Crippen molar-refractivity contribution in [2.75, 3.05) is 24.6 Å². The lowest BCUT2D eigenvalue weighted by atomic mass is 10.1. The minimum absolute atomic E-state index is 0.101. The average molecular weight is 383 g/mol. The highest BCUT2D eigenvalue weighted by molar-refractivity contribution is 7.90. The van der Waals surface area contributed by atoms with Crippen molar-refractivity contribution >= 4 is 25.7 Å². The molecular weight excluding hydrogens is 362 g/mol. The van der Waals surface area contributed by atoms with E-state index in [1.165, 1.54) is 12.1 Å². The molecule has 9 heteroatoms. The summed E-state index contributed by atoms with van der Waals surface area (Å²) < 4.78 is 52.6. The molecule has 4 N–H and O–H groups in total. The van der Waals surface area contributed by atoms with Gasteiger partial charge in [-0.05, 0) is 36.2 Å². The molecule has 0 unspecified atom stereocenters. The third kappa shape index (κ3) is 6.46. The highest BCUT2D eigenvalue weighted by atomic mass is 32.2. The molecule has 0 bridgehead atoms. The number of nitrogen functional groups attached to an aromatic ring is 1. The summed E-state index contributed by atoms with van der Waals surface area (Å²) in [6.07, 6.45) is 0.523. The molecule has 0 spiro atoms. The molecule has 25 heavy (non-hydrogen) atoms. The van der Waals surface area contributed by atoms with E-state index in [0.29, 0.717) is 12.1 Å². The van der Waals surface area contributed by atoms with Gasteiger partial charge in [-0.2, -0.15) is 0 Å². The highest BCUT2D eigenvalue weighted by Crippen LogP contribution is 2.07. The van der Waals surface area contributed by atoms with Crippen LogP contribution in [-0.2, 0) is 26.5 Å². The zero-order valence-electron chi connectivity index (χ0n) is 13.6. The van der Waals surface area contributed by atoms with Gasteiger partial charge in [0.25, 0.3) is 0 Å². The molecule has 0 aliphatic heterocycles. The zero-order valence-corrected chi connectivity index (χ0v) is 15.2. The normalized spacial score (nSPS) is 12.2. The largest absolute Gasteiger partial charge is 0.399 e. The van der Waals surface area contributed by atoms with Crippen molar-refractivity contribution in [2.45, 2.75) is 11.3 Å². The Labute approximate surface area is 148 Å². The van der Waals surface area contributed by atoms with Gasteiger partial charge in [-0.1, -0.05) is 30.3 Å². The third-order valence-corrected chi connectivity index (χ3v) is 6.29. The van der Waals surface area contributed by atoms with Crippen molar-refractivity contribution in [1.29, 1.82) is 0 Å². The van der Waals surface area contributed by atoms with Gasteiger partial charge in [-0.25, -0.2) is 26.3 Å². The number of anilines is 1. The lowest BCUT2D eigenvalue weighted by Gasteiger charge is -2.09. The van der Waals surface area contributed by atoms with E-state index >= 15 is 0 Å². The molecule has 0 heterocycles. The third-order valence-electron chi connectivity index (χ3n) is 3.43. The van der Waals surface area contributed by atoms with Gasteiger partial charge < -0.3 is 5.73 Å². The van der Waals surface area contributed by atoms with Crippen LogP contribution >= 0.6 is 0 Å². The molecule has 0 saturated carbocycles. The number of hydrogen-bond donors (Lipinski definition) is 3. The molecule has 0 aliphatic rings. The van der Waals surface area contributed by atoms with Gasteiger partial charge in [0.15, 0.2) is 0 Å². The Morgan fingerprint density at radius 3 is 2.08 bits per heavy atom. The summed E-state index contributed by atoms with van der Waals surface area (Å²) in [4.78, 5) is 0.101. The van der Waals surface area contributed by atoms with Crippen LogP contribution in [0.4, 0.5) is 5.69 Å². The summed E-state index contributed by atoms with van der Waals surface area (Å²) in [5.41, 5.74) is 7.20. The maximum Gasteiger partial charge on any atom is 0.240 e. The first kappa shape index (κ1) is 19.4. The van der Waals surface area contributed by atoms with Crippen molar-refractivity contribution < 1.29 is 16.8 Å². The van der Waals surface area contributed by atoms with Crippen LogP contribution in [0.15, 0.2) is 59.5 Å². The van der Waals surface area contributed by atoms with Crippen LogP contribution in [-0.4, -0.2) is 35.7 Å². The summed E-state index contributed by atoms with van der Waals surface area (Å²) in [5.74, 6) is -0.333. The van der Waals surface area contributed by atoms with Gasteiger partial charge >= 0.3 is 0 Å². The monoisotopic (exact) mass is 383 g/mol. The molecule has 0 fully saturated rings. The van der Waals surface area contributed by atoms with Crippen molar-refractivity contribution in [3.63, 3.8) is 0 Å². The minimum Gasteiger partial charge on any atom is -0.399 e. The number of nitrogens with one attached hydrogen (secondary N) is 2. The quantitative estimate of drug-likeness (QED) is 0.551. The number of rotatable bonds is 9. The Morgan fingerprint density at radius 1 is 0.800 bits per heavy atom. The second kappa shape index (κ2) is 8.43. The van der Waals surface area contributed by atoms with Gasteiger partial charge in [0.1, 0.15) is 0 Å². The Balaban J connectivity index is 1.78. The van der Waals surface area contributed by atoms with Gasteiger partial charge in [-0.3, -0.25) is 0 Å². The Hall–Kier alpha value is -1.94. The fraction of sp³-hybridized carbons (Fsp3) is 0.250.